The molecule has 0 aliphatic heterocycles. The lowest BCUT2D eigenvalue weighted by atomic mass is 9.82. The molecule has 0 amide bonds. The van der Waals surface area contributed by atoms with Gasteiger partial charge in [0.2, 0.25) is 0 Å². The molecule has 0 radical (unpaired) electrons. The molecule has 2 atom stereocenters. The fraction of sp³-hybridized carbons (Fsp3) is 0.625. The van der Waals surface area contributed by atoms with Crippen molar-refractivity contribution in [2.45, 2.75) is 39.0 Å². The number of hydrogen-bond donors (Lipinski definition) is 1. The van der Waals surface area contributed by atoms with Gasteiger partial charge in [0.05, 0.1) is 0 Å². The van der Waals surface area contributed by atoms with Crippen molar-refractivity contribution in [1.29, 1.82) is 0 Å². The van der Waals surface area contributed by atoms with E-state index in [4.69, 9.17) is 0 Å². The highest BCUT2D eigenvalue weighted by Gasteiger charge is 2.17. The third-order valence-electron chi connectivity index (χ3n) is 3.96. The third kappa shape index (κ3) is 4.41. The maximum Gasteiger partial charge on any atom is 0.123 e. The van der Waals surface area contributed by atoms with Crippen LogP contribution < -0.4 is 5.32 Å². The molecule has 1 aromatic rings. The third-order valence-corrected chi connectivity index (χ3v) is 3.96. The molecule has 0 bridgehead atoms. The standard InChI is InChI=1S/C16H24FN/c1-13-4-2-6-15(10-13)12-18-9-8-14-5-3-7-16(17)11-14/h3,5,7,11,13,15,18H,2,4,6,8-10,12H2,1H3. The molecule has 0 heterocycles. The summed E-state index contributed by atoms with van der Waals surface area (Å²) < 4.78 is 13.0. The topological polar surface area (TPSA) is 12.0 Å². The van der Waals surface area contributed by atoms with E-state index in [9.17, 15) is 4.39 Å². The Morgan fingerprint density at radius 2 is 2.22 bits per heavy atom. The zero-order chi connectivity index (χ0) is 12.8. The molecular weight excluding hydrogens is 225 g/mol. The molecule has 1 nitrogen and oxygen atoms in total. The lowest BCUT2D eigenvalue weighted by Crippen LogP contribution is -2.28. The molecule has 1 saturated carbocycles. The Bertz CT molecular complexity index is 364. The lowest BCUT2D eigenvalue weighted by Gasteiger charge is -2.26. The van der Waals surface area contributed by atoms with Gasteiger partial charge < -0.3 is 5.32 Å². The minimum absolute atomic E-state index is 0.131. The Balaban J connectivity index is 1.64. The van der Waals surface area contributed by atoms with Crippen LogP contribution in [0.25, 0.3) is 0 Å². The van der Waals surface area contributed by atoms with Crippen LogP contribution in [0.15, 0.2) is 24.3 Å². The number of rotatable bonds is 5. The molecule has 0 aromatic heterocycles. The van der Waals surface area contributed by atoms with Gasteiger partial charge in [-0.05, 0) is 61.9 Å². The summed E-state index contributed by atoms with van der Waals surface area (Å²) in [6.07, 6.45) is 6.45. The largest absolute Gasteiger partial charge is 0.316 e. The van der Waals surface area contributed by atoms with Crippen LogP contribution in [0.1, 0.15) is 38.2 Å². The molecule has 2 unspecified atom stereocenters. The second-order valence-corrected chi connectivity index (χ2v) is 5.72. The number of nitrogens with one attached hydrogen (secondary N) is 1. The van der Waals surface area contributed by atoms with E-state index >= 15 is 0 Å². The molecule has 1 aromatic carbocycles. The predicted octanol–water partition coefficient (Wildman–Crippen LogP) is 3.78. The number of benzene rings is 1. The molecular formula is C16H24FN. The van der Waals surface area contributed by atoms with E-state index in [1.54, 1.807) is 12.1 Å². The minimum Gasteiger partial charge on any atom is -0.316 e. The van der Waals surface area contributed by atoms with E-state index in [0.29, 0.717) is 0 Å². The van der Waals surface area contributed by atoms with Gasteiger partial charge in [-0.25, -0.2) is 4.39 Å². The van der Waals surface area contributed by atoms with Crippen LogP contribution in [0, 0.1) is 17.7 Å². The van der Waals surface area contributed by atoms with Crippen molar-refractivity contribution in [1.82, 2.24) is 5.32 Å². The highest BCUT2D eigenvalue weighted by molar-refractivity contribution is 5.16. The summed E-state index contributed by atoms with van der Waals surface area (Å²) in [5.41, 5.74) is 1.08. The molecule has 1 N–H and O–H groups in total. The van der Waals surface area contributed by atoms with Gasteiger partial charge in [-0.3, -0.25) is 0 Å². The second kappa shape index (κ2) is 6.89. The molecule has 18 heavy (non-hydrogen) atoms. The Morgan fingerprint density at radius 1 is 1.33 bits per heavy atom. The maximum absolute atomic E-state index is 13.0. The summed E-state index contributed by atoms with van der Waals surface area (Å²) >= 11 is 0. The van der Waals surface area contributed by atoms with Crippen molar-refractivity contribution in [2.24, 2.45) is 11.8 Å². The van der Waals surface area contributed by atoms with Gasteiger partial charge in [-0.1, -0.05) is 31.9 Å². The van der Waals surface area contributed by atoms with Crippen LogP contribution in [0.4, 0.5) is 4.39 Å². The van der Waals surface area contributed by atoms with E-state index in [0.717, 1.165) is 36.9 Å². The van der Waals surface area contributed by atoms with Crippen LogP contribution in [0.5, 0.6) is 0 Å². The van der Waals surface area contributed by atoms with Crippen molar-refractivity contribution < 1.29 is 4.39 Å². The first-order valence-corrected chi connectivity index (χ1v) is 7.19. The van der Waals surface area contributed by atoms with E-state index in [2.05, 4.69) is 12.2 Å². The van der Waals surface area contributed by atoms with Crippen molar-refractivity contribution in [3.63, 3.8) is 0 Å². The van der Waals surface area contributed by atoms with Crippen LogP contribution >= 0.6 is 0 Å². The Hall–Kier alpha value is -0.890. The van der Waals surface area contributed by atoms with Crippen LogP contribution in [0.2, 0.25) is 0 Å². The van der Waals surface area contributed by atoms with Gasteiger partial charge in [-0.2, -0.15) is 0 Å². The minimum atomic E-state index is -0.131. The molecule has 1 aliphatic carbocycles. The van der Waals surface area contributed by atoms with Gasteiger partial charge >= 0.3 is 0 Å². The molecule has 1 aliphatic rings. The summed E-state index contributed by atoms with van der Waals surface area (Å²) in [7, 11) is 0. The van der Waals surface area contributed by atoms with Gasteiger partial charge in [-0.15, -0.1) is 0 Å². The molecule has 100 valence electrons. The summed E-state index contributed by atoms with van der Waals surface area (Å²) in [4.78, 5) is 0. The highest BCUT2D eigenvalue weighted by atomic mass is 19.1. The Labute approximate surface area is 110 Å². The quantitative estimate of drug-likeness (QED) is 0.783. The van der Waals surface area contributed by atoms with Crippen molar-refractivity contribution >= 4 is 0 Å². The first kappa shape index (κ1) is 13.5. The van der Waals surface area contributed by atoms with Gasteiger partial charge in [0.15, 0.2) is 0 Å². The van der Waals surface area contributed by atoms with E-state index in [-0.39, 0.29) is 5.82 Å². The van der Waals surface area contributed by atoms with Gasteiger partial charge in [0.1, 0.15) is 5.82 Å². The smallest absolute Gasteiger partial charge is 0.123 e. The molecule has 0 saturated heterocycles. The average molecular weight is 249 g/mol. The first-order chi connectivity index (χ1) is 8.74. The fourth-order valence-electron chi connectivity index (χ4n) is 2.98. The van der Waals surface area contributed by atoms with E-state index in [1.807, 2.05) is 6.07 Å². The van der Waals surface area contributed by atoms with Crippen LogP contribution in [0.3, 0.4) is 0 Å². The van der Waals surface area contributed by atoms with Crippen molar-refractivity contribution in [3.8, 4) is 0 Å². The van der Waals surface area contributed by atoms with Crippen LogP contribution in [-0.2, 0) is 6.42 Å². The van der Waals surface area contributed by atoms with Crippen molar-refractivity contribution in [2.75, 3.05) is 13.1 Å². The van der Waals surface area contributed by atoms with Crippen molar-refractivity contribution in [3.05, 3.63) is 35.6 Å². The summed E-state index contributed by atoms with van der Waals surface area (Å²) in [5.74, 6) is 1.61. The van der Waals surface area contributed by atoms with E-state index < -0.39 is 0 Å². The summed E-state index contributed by atoms with van der Waals surface area (Å²) in [5, 5.41) is 3.52. The number of hydrogen-bond acceptors (Lipinski definition) is 1. The monoisotopic (exact) mass is 249 g/mol. The van der Waals surface area contributed by atoms with Crippen LogP contribution in [-0.4, -0.2) is 13.1 Å². The Morgan fingerprint density at radius 3 is 3.00 bits per heavy atom. The van der Waals surface area contributed by atoms with Gasteiger partial charge in [0, 0.05) is 0 Å². The zero-order valence-corrected chi connectivity index (χ0v) is 11.3. The zero-order valence-electron chi connectivity index (χ0n) is 11.3. The van der Waals surface area contributed by atoms with E-state index in [1.165, 1.54) is 31.7 Å². The average Bonchev–Trinajstić information content (AvgIpc) is 2.35. The summed E-state index contributed by atoms with van der Waals surface area (Å²) in [6, 6.07) is 6.91. The molecule has 2 heteroatoms. The predicted molar refractivity (Wildman–Crippen MR) is 74.1 cm³/mol. The molecule has 2 rings (SSSR count). The highest BCUT2D eigenvalue weighted by Crippen LogP contribution is 2.27. The molecule has 1 fully saturated rings. The lowest BCUT2D eigenvalue weighted by molar-refractivity contribution is 0.275. The normalized spacial score (nSPS) is 24.1. The Kier molecular flexibility index (Phi) is 5.18. The first-order valence-electron chi connectivity index (χ1n) is 7.19. The van der Waals surface area contributed by atoms with Gasteiger partial charge in [0.25, 0.3) is 0 Å². The second-order valence-electron chi connectivity index (χ2n) is 5.72. The molecule has 0 spiro atoms. The fourth-order valence-corrected chi connectivity index (χ4v) is 2.98. The summed E-state index contributed by atoms with van der Waals surface area (Å²) in [6.45, 7) is 4.44. The SMILES string of the molecule is CC1CCCC(CNCCc2cccc(F)c2)C1. The maximum atomic E-state index is 13.0. The number of halogens is 1.